The van der Waals surface area contributed by atoms with Gasteiger partial charge in [-0.05, 0) is 143 Å². The molecule has 4 aromatic rings. The Kier molecular flexibility index (Phi) is 14.9. The number of hydrogen-bond donors (Lipinski definition) is 2. The van der Waals surface area contributed by atoms with Crippen molar-refractivity contribution in [2.45, 2.75) is 120 Å². The van der Waals surface area contributed by atoms with Crippen LogP contribution in [0.5, 0.6) is 0 Å². The van der Waals surface area contributed by atoms with Crippen molar-refractivity contribution in [3.05, 3.63) is 178 Å². The molecule has 5 rings (SSSR count). The second-order valence-corrected chi connectivity index (χ2v) is 18.8. The second kappa shape index (κ2) is 19.5. The minimum atomic E-state index is 0.0201. The fourth-order valence-corrected chi connectivity index (χ4v) is 11.0. The van der Waals surface area contributed by atoms with E-state index in [0.29, 0.717) is 29.7 Å². The summed E-state index contributed by atoms with van der Waals surface area (Å²) in [5, 5.41) is 9.03. The Morgan fingerprint density at radius 2 is 1.31 bits per heavy atom. The van der Waals surface area contributed by atoms with Crippen LogP contribution in [0.4, 0.5) is 0 Å². The molecule has 3 unspecified atom stereocenters. The van der Waals surface area contributed by atoms with Crippen LogP contribution in [0.1, 0.15) is 122 Å². The minimum absolute atomic E-state index is 0.0201. The van der Waals surface area contributed by atoms with Crippen LogP contribution >= 0.6 is 0 Å². The third kappa shape index (κ3) is 10.8. The monoisotopic (exact) mass is 783 g/mol. The maximum absolute atomic E-state index is 9.03. The molecule has 1 fully saturated rings. The molecule has 0 amide bonds. The highest BCUT2D eigenvalue weighted by atomic mass is 14.6. The predicted molar refractivity (Wildman–Crippen MR) is 262 cm³/mol. The zero-order valence-corrected chi connectivity index (χ0v) is 38.1. The van der Waals surface area contributed by atoms with Crippen molar-refractivity contribution in [3.8, 4) is 0 Å². The van der Waals surface area contributed by atoms with Gasteiger partial charge in [0.05, 0.1) is 0 Å². The molecular weight excluding hydrogens is 711 g/mol. The van der Waals surface area contributed by atoms with Gasteiger partial charge in [-0.25, -0.2) is 0 Å². The SMILES string of the molecule is C=C/C=C\C=C(/N)c1cc(CC(C)(CC)CC2(c3ccc(B(c4c(C)cc(C)cc4C)c4c(C)cc(C)cc4C)cc3)CC(C)CC(C)C2)cc(C(=N)C/C=C\C=C)c1. The summed E-state index contributed by atoms with van der Waals surface area (Å²) in [5.41, 5.74) is 25.0. The fraction of sp³-hybridized carbons (Fsp3) is 0.375. The smallest absolute Gasteiger partial charge is 0.242 e. The number of nitrogens with one attached hydrogen (secondary N) is 1. The zero-order chi connectivity index (χ0) is 43.1. The summed E-state index contributed by atoms with van der Waals surface area (Å²) in [4.78, 5) is 0. The van der Waals surface area contributed by atoms with Gasteiger partial charge in [0.25, 0.3) is 0 Å². The highest BCUT2D eigenvalue weighted by Crippen LogP contribution is 2.52. The van der Waals surface area contributed by atoms with E-state index in [0.717, 1.165) is 30.4 Å². The molecule has 3 atom stereocenters. The van der Waals surface area contributed by atoms with E-state index in [1.54, 1.807) is 12.2 Å². The Bertz CT molecular complexity index is 2130. The summed E-state index contributed by atoms with van der Waals surface area (Å²) in [7, 11) is 0. The lowest BCUT2D eigenvalue weighted by Crippen LogP contribution is -2.56. The highest BCUT2D eigenvalue weighted by Gasteiger charge is 2.44. The van der Waals surface area contributed by atoms with Crippen molar-refractivity contribution in [2.75, 3.05) is 0 Å². The van der Waals surface area contributed by atoms with Crippen LogP contribution in [0, 0.1) is 64.2 Å². The van der Waals surface area contributed by atoms with Crippen LogP contribution in [-0.4, -0.2) is 12.4 Å². The lowest BCUT2D eigenvalue weighted by molar-refractivity contribution is 0.108. The quantitative estimate of drug-likeness (QED) is 0.0664. The summed E-state index contributed by atoms with van der Waals surface area (Å²) in [5.74, 6) is 1.30. The highest BCUT2D eigenvalue weighted by molar-refractivity contribution is 6.96. The largest absolute Gasteiger partial charge is 0.398 e. The first-order valence-corrected chi connectivity index (χ1v) is 22.0. The molecule has 0 spiro atoms. The van der Waals surface area contributed by atoms with Gasteiger partial charge in [0.15, 0.2) is 0 Å². The van der Waals surface area contributed by atoms with E-state index in [4.69, 9.17) is 11.1 Å². The summed E-state index contributed by atoms with van der Waals surface area (Å²) in [6.45, 7) is 31.2. The molecule has 59 heavy (non-hydrogen) atoms. The number of benzene rings is 4. The average Bonchev–Trinajstić information content (AvgIpc) is 3.16. The normalized spacial score (nSPS) is 19.5. The van der Waals surface area contributed by atoms with E-state index in [9.17, 15) is 0 Å². The molecule has 1 aliphatic carbocycles. The predicted octanol–water partition coefficient (Wildman–Crippen LogP) is 12.3. The van der Waals surface area contributed by atoms with Crippen molar-refractivity contribution in [2.24, 2.45) is 23.0 Å². The Morgan fingerprint density at radius 3 is 1.81 bits per heavy atom. The van der Waals surface area contributed by atoms with Gasteiger partial charge in [-0.1, -0.05) is 182 Å². The van der Waals surface area contributed by atoms with Crippen molar-refractivity contribution in [1.29, 1.82) is 5.41 Å². The topological polar surface area (TPSA) is 49.9 Å². The van der Waals surface area contributed by atoms with Crippen molar-refractivity contribution >= 4 is 34.5 Å². The van der Waals surface area contributed by atoms with E-state index < -0.39 is 0 Å². The van der Waals surface area contributed by atoms with E-state index >= 15 is 0 Å². The van der Waals surface area contributed by atoms with Crippen molar-refractivity contribution in [3.63, 3.8) is 0 Å². The molecule has 0 bridgehead atoms. The lowest BCUT2D eigenvalue weighted by Gasteiger charge is -2.48. The molecule has 0 radical (unpaired) electrons. The Balaban J connectivity index is 1.60. The second-order valence-electron chi connectivity index (χ2n) is 18.8. The van der Waals surface area contributed by atoms with E-state index in [1.165, 1.54) is 80.2 Å². The summed E-state index contributed by atoms with van der Waals surface area (Å²) < 4.78 is 0. The van der Waals surface area contributed by atoms with Crippen LogP contribution in [0.25, 0.3) is 5.70 Å². The summed E-state index contributed by atoms with van der Waals surface area (Å²) in [6, 6.07) is 26.0. The first-order chi connectivity index (χ1) is 28.0. The van der Waals surface area contributed by atoms with Gasteiger partial charge in [-0.15, -0.1) is 0 Å². The van der Waals surface area contributed by atoms with Crippen LogP contribution in [0.3, 0.4) is 0 Å². The molecule has 2 nitrogen and oxygen atoms in total. The van der Waals surface area contributed by atoms with E-state index in [-0.39, 0.29) is 17.5 Å². The van der Waals surface area contributed by atoms with Crippen LogP contribution in [-0.2, 0) is 11.8 Å². The van der Waals surface area contributed by atoms with Crippen molar-refractivity contribution < 1.29 is 0 Å². The average molecular weight is 783 g/mol. The zero-order valence-electron chi connectivity index (χ0n) is 38.1. The number of nitrogens with two attached hydrogens (primary N) is 1. The van der Waals surface area contributed by atoms with Crippen LogP contribution in [0.15, 0.2) is 122 Å². The van der Waals surface area contributed by atoms with Gasteiger partial charge in [-0.2, -0.15) is 0 Å². The maximum Gasteiger partial charge on any atom is 0.242 e. The molecule has 1 saturated carbocycles. The van der Waals surface area contributed by atoms with E-state index in [2.05, 4.69) is 149 Å². The van der Waals surface area contributed by atoms with Gasteiger partial charge >= 0.3 is 0 Å². The molecule has 0 saturated heterocycles. The molecule has 3 heteroatoms. The number of allylic oxidation sites excluding steroid dienone is 7. The van der Waals surface area contributed by atoms with E-state index in [1.807, 2.05) is 30.4 Å². The third-order valence-corrected chi connectivity index (χ3v) is 13.2. The van der Waals surface area contributed by atoms with Gasteiger partial charge < -0.3 is 11.1 Å². The lowest BCUT2D eigenvalue weighted by atomic mass is 9.34. The van der Waals surface area contributed by atoms with Crippen LogP contribution in [0.2, 0.25) is 0 Å². The molecule has 0 heterocycles. The Morgan fingerprint density at radius 1 is 0.780 bits per heavy atom. The first kappa shape index (κ1) is 45.2. The number of aryl methyl sites for hydroxylation is 6. The maximum atomic E-state index is 9.03. The third-order valence-electron chi connectivity index (χ3n) is 13.2. The van der Waals surface area contributed by atoms with Crippen LogP contribution < -0.4 is 22.1 Å². The molecule has 0 aromatic heterocycles. The number of rotatable bonds is 16. The molecule has 3 N–H and O–H groups in total. The first-order valence-electron chi connectivity index (χ1n) is 22.0. The van der Waals surface area contributed by atoms with Gasteiger partial charge in [-0.3, -0.25) is 0 Å². The molecule has 1 aliphatic rings. The summed E-state index contributed by atoms with van der Waals surface area (Å²) >= 11 is 0. The minimum Gasteiger partial charge on any atom is -0.398 e. The Labute approximate surface area is 359 Å². The summed E-state index contributed by atoms with van der Waals surface area (Å²) in [6.07, 6.45) is 20.5. The standard InChI is InChI=1S/C56H71BN2/c1-13-16-18-20-51(58)47-31-46(32-48(33-47)52(59)21-19-17-14-2)36-55(12,15-3)37-56(34-40(6)26-41(7)35-56)49-22-24-50(25-23-49)57(53-42(8)27-38(4)28-43(53)9)54-44(10)29-39(5)30-45(54)11/h13-14,16-20,22-25,27-33,40-41,59H,1-2,15,21,26,34-37,58H2,3-12H3/b18-16-,19-17-,51-20-,59-52?. The molecule has 4 aromatic carbocycles. The van der Waals surface area contributed by atoms with Gasteiger partial charge in [0, 0.05) is 17.8 Å². The molecular formula is C56H71BN2. The Hall–Kier alpha value is -4.89. The molecule has 308 valence electrons. The molecule has 0 aliphatic heterocycles. The van der Waals surface area contributed by atoms with Crippen molar-refractivity contribution in [1.82, 2.24) is 0 Å². The fourth-order valence-electron chi connectivity index (χ4n) is 11.0. The number of hydrogen-bond acceptors (Lipinski definition) is 2. The van der Waals surface area contributed by atoms with Gasteiger partial charge in [0.1, 0.15) is 0 Å². The van der Waals surface area contributed by atoms with Gasteiger partial charge in [0.2, 0.25) is 6.71 Å².